The summed E-state index contributed by atoms with van der Waals surface area (Å²) >= 11 is 0. The number of carbonyl (C=O) groups is 1. The largest absolute Gasteiger partial charge is 0.450 e. The number of imidazole rings is 1. The summed E-state index contributed by atoms with van der Waals surface area (Å²) in [6.07, 6.45) is 2.88. The molecule has 8 nitrogen and oxygen atoms in total. The minimum Gasteiger partial charge on any atom is -0.450 e. The first-order valence-corrected chi connectivity index (χ1v) is 8.98. The van der Waals surface area contributed by atoms with Crippen molar-refractivity contribution in [3.05, 3.63) is 48.0 Å². The van der Waals surface area contributed by atoms with Crippen LogP contribution in [-0.2, 0) is 11.3 Å². The molecule has 1 atom stereocenters. The van der Waals surface area contributed by atoms with Crippen molar-refractivity contribution in [1.29, 1.82) is 0 Å². The second-order valence-electron chi connectivity index (χ2n) is 6.39. The Morgan fingerprint density at radius 1 is 1.26 bits per heavy atom. The van der Waals surface area contributed by atoms with Crippen molar-refractivity contribution < 1.29 is 9.53 Å². The number of hydrogen-bond donors (Lipinski definition) is 2. The van der Waals surface area contributed by atoms with E-state index in [2.05, 4.69) is 20.3 Å². The van der Waals surface area contributed by atoms with Gasteiger partial charge in [-0.2, -0.15) is 0 Å². The topological polar surface area (TPSA) is 108 Å². The molecule has 142 valence electrons. The lowest BCUT2D eigenvalue weighted by molar-refractivity contribution is 0.140. The zero-order valence-corrected chi connectivity index (χ0v) is 15.6. The fourth-order valence-corrected chi connectivity index (χ4v) is 2.84. The van der Waals surface area contributed by atoms with Gasteiger partial charge in [-0.3, -0.25) is 0 Å². The minimum absolute atomic E-state index is 0.0932. The third-order valence-electron chi connectivity index (χ3n) is 4.26. The van der Waals surface area contributed by atoms with Crippen LogP contribution in [0.3, 0.4) is 0 Å². The summed E-state index contributed by atoms with van der Waals surface area (Å²) in [5.41, 5.74) is 8.26. The molecule has 0 aliphatic carbocycles. The normalized spacial score (nSPS) is 12.1. The summed E-state index contributed by atoms with van der Waals surface area (Å²) in [5.74, 6) is 1.01. The Morgan fingerprint density at radius 3 is 2.81 bits per heavy atom. The maximum atomic E-state index is 11.9. The van der Waals surface area contributed by atoms with Crippen molar-refractivity contribution in [2.75, 3.05) is 12.3 Å². The molecule has 1 aromatic carbocycles. The van der Waals surface area contributed by atoms with Crippen molar-refractivity contribution in [3.8, 4) is 0 Å². The second kappa shape index (κ2) is 8.48. The van der Waals surface area contributed by atoms with E-state index in [0.717, 1.165) is 30.6 Å². The van der Waals surface area contributed by atoms with Crippen molar-refractivity contribution in [2.24, 2.45) is 0 Å². The minimum atomic E-state index is -0.407. The van der Waals surface area contributed by atoms with E-state index in [0.29, 0.717) is 23.8 Å². The highest BCUT2D eigenvalue weighted by molar-refractivity contribution is 5.81. The molecule has 27 heavy (non-hydrogen) atoms. The predicted octanol–water partition coefficient (Wildman–Crippen LogP) is 2.98. The molecule has 2 aromatic heterocycles. The average molecular weight is 368 g/mol. The smallest absolute Gasteiger partial charge is 0.407 e. The van der Waals surface area contributed by atoms with Crippen molar-refractivity contribution in [1.82, 2.24) is 24.8 Å². The van der Waals surface area contributed by atoms with Crippen LogP contribution in [0.4, 0.5) is 10.6 Å². The summed E-state index contributed by atoms with van der Waals surface area (Å²) < 4.78 is 7.20. The van der Waals surface area contributed by atoms with Crippen LogP contribution in [0, 0.1) is 6.92 Å². The Bertz CT molecular complexity index is 909. The van der Waals surface area contributed by atoms with Gasteiger partial charge in [-0.25, -0.2) is 19.7 Å². The number of nitrogen functional groups attached to an aromatic ring is 1. The number of aryl methyl sites for hydroxylation is 2. The Hall–Kier alpha value is -3.16. The molecule has 0 fully saturated rings. The third kappa shape index (κ3) is 4.72. The molecular weight excluding hydrogens is 344 g/mol. The summed E-state index contributed by atoms with van der Waals surface area (Å²) in [7, 11) is 0. The van der Waals surface area contributed by atoms with E-state index in [1.54, 1.807) is 13.3 Å². The lowest BCUT2D eigenvalue weighted by Crippen LogP contribution is -2.27. The van der Waals surface area contributed by atoms with Crippen LogP contribution < -0.4 is 11.1 Å². The molecule has 0 spiro atoms. The molecule has 3 rings (SSSR count). The van der Waals surface area contributed by atoms with Crippen LogP contribution >= 0.6 is 0 Å². The van der Waals surface area contributed by atoms with Gasteiger partial charge in [0.15, 0.2) is 11.5 Å². The third-order valence-corrected chi connectivity index (χ3v) is 4.26. The van der Waals surface area contributed by atoms with E-state index >= 15 is 0 Å². The maximum Gasteiger partial charge on any atom is 0.407 e. The highest BCUT2D eigenvalue weighted by Crippen LogP contribution is 2.16. The van der Waals surface area contributed by atoms with Gasteiger partial charge >= 0.3 is 6.09 Å². The first kappa shape index (κ1) is 18.6. The summed E-state index contributed by atoms with van der Waals surface area (Å²) in [4.78, 5) is 24.7. The van der Waals surface area contributed by atoms with Crippen molar-refractivity contribution >= 4 is 23.1 Å². The average Bonchev–Trinajstić information content (AvgIpc) is 3.05. The maximum absolute atomic E-state index is 11.9. The van der Waals surface area contributed by atoms with Crippen LogP contribution in [0.5, 0.6) is 0 Å². The van der Waals surface area contributed by atoms with E-state index in [1.807, 2.05) is 41.8 Å². The molecule has 3 aromatic rings. The van der Waals surface area contributed by atoms with Gasteiger partial charge in [0.2, 0.25) is 0 Å². The van der Waals surface area contributed by atoms with Gasteiger partial charge in [-0.15, -0.1) is 0 Å². The quantitative estimate of drug-likeness (QED) is 0.621. The number of alkyl carbamates (subject to hydrolysis) is 1. The van der Waals surface area contributed by atoms with Crippen molar-refractivity contribution in [2.45, 2.75) is 39.3 Å². The molecule has 0 radical (unpaired) electrons. The Morgan fingerprint density at radius 2 is 2.04 bits per heavy atom. The number of anilines is 1. The molecule has 0 saturated carbocycles. The Kier molecular flexibility index (Phi) is 5.85. The number of nitrogens with zero attached hydrogens (tertiary/aromatic N) is 4. The number of aromatic nitrogens is 4. The molecule has 0 aliphatic heterocycles. The lowest BCUT2D eigenvalue weighted by Gasteiger charge is -2.14. The zero-order chi connectivity index (χ0) is 19.2. The van der Waals surface area contributed by atoms with E-state index in [-0.39, 0.29) is 6.04 Å². The first-order valence-electron chi connectivity index (χ1n) is 8.98. The fourth-order valence-electron chi connectivity index (χ4n) is 2.84. The van der Waals surface area contributed by atoms with Gasteiger partial charge in [0.25, 0.3) is 0 Å². The molecule has 1 amide bonds. The summed E-state index contributed by atoms with van der Waals surface area (Å²) in [6, 6.07) is 9.68. The van der Waals surface area contributed by atoms with Gasteiger partial charge in [-0.05, 0) is 32.3 Å². The zero-order valence-electron chi connectivity index (χ0n) is 15.6. The molecule has 2 heterocycles. The number of ether oxygens (including phenoxy) is 1. The molecular formula is C19H24N6O2. The van der Waals surface area contributed by atoms with Crippen LogP contribution in [0.15, 0.2) is 36.7 Å². The predicted molar refractivity (Wildman–Crippen MR) is 103 cm³/mol. The second-order valence-corrected chi connectivity index (χ2v) is 6.39. The van der Waals surface area contributed by atoms with Gasteiger partial charge in [0, 0.05) is 6.54 Å². The number of nitrogens with two attached hydrogens (primary N) is 1. The molecule has 0 bridgehead atoms. The number of fused-ring (bicyclic) bond motifs is 1. The highest BCUT2D eigenvalue weighted by Gasteiger charge is 2.11. The van der Waals surface area contributed by atoms with E-state index in [9.17, 15) is 4.79 Å². The number of rotatable bonds is 7. The first-order chi connectivity index (χ1) is 13.0. The lowest BCUT2D eigenvalue weighted by atomic mass is 10.1. The van der Waals surface area contributed by atoms with Gasteiger partial charge in [0.1, 0.15) is 11.3 Å². The van der Waals surface area contributed by atoms with Crippen molar-refractivity contribution in [3.63, 3.8) is 0 Å². The number of nitrogens with one attached hydrogen (secondary N) is 1. The molecule has 8 heteroatoms. The van der Waals surface area contributed by atoms with Crippen LogP contribution in [0.1, 0.15) is 37.2 Å². The van der Waals surface area contributed by atoms with Gasteiger partial charge in [-0.1, -0.05) is 30.3 Å². The summed E-state index contributed by atoms with van der Waals surface area (Å²) in [6.45, 7) is 4.81. The SMILES string of the molecule is Cc1nc(N)c2ncn(CCCCOC(=O)NC(C)c3ccccc3)c2n1. The van der Waals surface area contributed by atoms with E-state index < -0.39 is 6.09 Å². The van der Waals surface area contributed by atoms with Gasteiger partial charge in [0.05, 0.1) is 19.0 Å². The fraction of sp³-hybridized carbons (Fsp3) is 0.368. The molecule has 0 saturated heterocycles. The molecule has 1 unspecified atom stereocenters. The van der Waals surface area contributed by atoms with Crippen LogP contribution in [0.25, 0.3) is 11.2 Å². The monoisotopic (exact) mass is 368 g/mol. The molecule has 3 N–H and O–H groups in total. The number of amides is 1. The van der Waals surface area contributed by atoms with Crippen LogP contribution in [0.2, 0.25) is 0 Å². The molecule has 0 aliphatic rings. The van der Waals surface area contributed by atoms with Gasteiger partial charge < -0.3 is 20.4 Å². The number of unbranched alkanes of at least 4 members (excludes halogenated alkanes) is 1. The Balaban J connectivity index is 1.41. The highest BCUT2D eigenvalue weighted by atomic mass is 16.5. The van der Waals surface area contributed by atoms with E-state index in [1.165, 1.54) is 0 Å². The van der Waals surface area contributed by atoms with E-state index in [4.69, 9.17) is 10.5 Å². The number of benzene rings is 1. The Labute approximate surface area is 157 Å². The summed E-state index contributed by atoms with van der Waals surface area (Å²) in [5, 5.41) is 2.83. The standard InChI is InChI=1S/C19H24N6O2/c1-13(15-8-4-3-5-9-15)22-19(26)27-11-7-6-10-25-12-21-16-17(20)23-14(2)24-18(16)25/h3-5,8-9,12-13H,6-7,10-11H2,1-2H3,(H,22,26)(H2,20,23,24). The number of carbonyl (C=O) groups excluding carboxylic acids is 1. The number of hydrogen-bond acceptors (Lipinski definition) is 6. The van der Waals surface area contributed by atoms with Crippen LogP contribution in [-0.4, -0.2) is 32.2 Å².